The zero-order valence-electron chi connectivity index (χ0n) is 12.4. The zero-order chi connectivity index (χ0) is 15.9. The summed E-state index contributed by atoms with van der Waals surface area (Å²) in [6, 6.07) is 11.7. The van der Waals surface area contributed by atoms with Crippen molar-refractivity contribution in [3.8, 4) is 17.2 Å². The Morgan fingerprint density at radius 3 is 2.55 bits per heavy atom. The van der Waals surface area contributed by atoms with Crippen molar-refractivity contribution in [1.29, 1.82) is 0 Å². The second kappa shape index (κ2) is 7.31. The number of aryl methyl sites for hydroxylation is 1. The van der Waals surface area contributed by atoms with Crippen LogP contribution in [0.25, 0.3) is 0 Å². The third kappa shape index (κ3) is 4.12. The van der Waals surface area contributed by atoms with Gasteiger partial charge in [0, 0.05) is 6.07 Å². The third-order valence-electron chi connectivity index (χ3n) is 2.96. The number of methoxy groups -OCH3 is 1. The van der Waals surface area contributed by atoms with Crippen molar-refractivity contribution in [2.75, 3.05) is 20.3 Å². The molecule has 116 valence electrons. The van der Waals surface area contributed by atoms with Crippen LogP contribution in [0, 0.1) is 17.0 Å². The van der Waals surface area contributed by atoms with Crippen LogP contribution >= 0.6 is 0 Å². The first-order valence-corrected chi connectivity index (χ1v) is 6.75. The molecule has 6 heteroatoms. The van der Waals surface area contributed by atoms with Crippen LogP contribution < -0.4 is 14.2 Å². The lowest BCUT2D eigenvalue weighted by molar-refractivity contribution is -0.384. The van der Waals surface area contributed by atoms with Gasteiger partial charge in [0.2, 0.25) is 0 Å². The number of benzene rings is 2. The molecule has 0 aliphatic heterocycles. The molecule has 0 unspecified atom stereocenters. The molecule has 0 amide bonds. The Bertz CT molecular complexity index is 657. The lowest BCUT2D eigenvalue weighted by Gasteiger charge is -2.12. The first-order chi connectivity index (χ1) is 10.6. The Hall–Kier alpha value is -2.76. The van der Waals surface area contributed by atoms with Gasteiger partial charge >= 0.3 is 0 Å². The predicted octanol–water partition coefficient (Wildman–Crippen LogP) is 3.37. The molecule has 0 bridgehead atoms. The Morgan fingerprint density at radius 2 is 1.82 bits per heavy atom. The minimum Gasteiger partial charge on any atom is -0.493 e. The molecule has 0 N–H and O–H groups in total. The smallest absolute Gasteiger partial charge is 0.273 e. The molecule has 0 saturated carbocycles. The number of non-ortho nitro benzene ring substituents is 1. The highest BCUT2D eigenvalue weighted by atomic mass is 16.6. The van der Waals surface area contributed by atoms with Crippen molar-refractivity contribution in [3.63, 3.8) is 0 Å². The van der Waals surface area contributed by atoms with Crippen LogP contribution in [0.15, 0.2) is 42.5 Å². The summed E-state index contributed by atoms with van der Waals surface area (Å²) >= 11 is 0. The lowest BCUT2D eigenvalue weighted by atomic mass is 10.2. The molecule has 0 atom stereocenters. The zero-order valence-corrected chi connectivity index (χ0v) is 12.4. The number of hydrogen-bond acceptors (Lipinski definition) is 5. The number of hydrogen-bond donors (Lipinski definition) is 0. The van der Waals surface area contributed by atoms with Crippen LogP contribution in [0.1, 0.15) is 5.56 Å². The van der Waals surface area contributed by atoms with Crippen molar-refractivity contribution in [3.05, 3.63) is 58.1 Å². The highest BCUT2D eigenvalue weighted by molar-refractivity contribution is 5.42. The molecular weight excluding hydrogens is 286 g/mol. The molecule has 2 aromatic rings. The average Bonchev–Trinajstić information content (AvgIpc) is 2.52. The Morgan fingerprint density at radius 1 is 1.05 bits per heavy atom. The molecule has 2 aromatic carbocycles. The molecule has 0 spiro atoms. The Kier molecular flexibility index (Phi) is 5.19. The van der Waals surface area contributed by atoms with Crippen molar-refractivity contribution in [1.82, 2.24) is 0 Å². The second-order valence-corrected chi connectivity index (χ2v) is 4.61. The minimum atomic E-state index is -0.458. The number of rotatable bonds is 7. The first kappa shape index (κ1) is 15.6. The molecule has 0 aliphatic carbocycles. The highest BCUT2D eigenvalue weighted by Gasteiger charge is 2.07. The molecule has 22 heavy (non-hydrogen) atoms. The maximum atomic E-state index is 10.7. The maximum absolute atomic E-state index is 10.7. The van der Waals surface area contributed by atoms with E-state index in [4.69, 9.17) is 14.2 Å². The topological polar surface area (TPSA) is 70.8 Å². The molecule has 0 radical (unpaired) electrons. The van der Waals surface area contributed by atoms with E-state index < -0.39 is 4.92 Å². The lowest BCUT2D eigenvalue weighted by Crippen LogP contribution is -2.09. The van der Waals surface area contributed by atoms with Crippen molar-refractivity contribution in [2.45, 2.75) is 6.92 Å². The van der Waals surface area contributed by atoms with Crippen LogP contribution in [0.2, 0.25) is 0 Å². The highest BCUT2D eigenvalue weighted by Crippen LogP contribution is 2.27. The van der Waals surface area contributed by atoms with Crippen LogP contribution in [0.4, 0.5) is 5.69 Å². The third-order valence-corrected chi connectivity index (χ3v) is 2.96. The summed E-state index contributed by atoms with van der Waals surface area (Å²) in [5, 5.41) is 10.7. The fourth-order valence-electron chi connectivity index (χ4n) is 1.89. The minimum absolute atomic E-state index is 0.00128. The number of ether oxygens (including phenoxy) is 3. The first-order valence-electron chi connectivity index (χ1n) is 6.75. The SMILES string of the molecule is COc1cc(C)ccc1OCCOc1cccc([N+](=O)[O-])c1. The van der Waals surface area contributed by atoms with Gasteiger partial charge in [0.25, 0.3) is 5.69 Å². The molecule has 0 aromatic heterocycles. The van der Waals surface area contributed by atoms with E-state index in [1.54, 1.807) is 19.2 Å². The number of nitro benzene ring substituents is 1. The maximum Gasteiger partial charge on any atom is 0.273 e. The fourth-order valence-corrected chi connectivity index (χ4v) is 1.89. The fraction of sp³-hybridized carbons (Fsp3) is 0.250. The van der Waals surface area contributed by atoms with Crippen molar-refractivity contribution >= 4 is 5.69 Å². The van der Waals surface area contributed by atoms with E-state index in [2.05, 4.69) is 0 Å². The van der Waals surface area contributed by atoms with Crippen LogP contribution in [0.5, 0.6) is 17.2 Å². The summed E-state index contributed by atoms with van der Waals surface area (Å²) in [7, 11) is 1.58. The summed E-state index contributed by atoms with van der Waals surface area (Å²) in [5.74, 6) is 1.74. The normalized spacial score (nSPS) is 10.1. The quantitative estimate of drug-likeness (QED) is 0.445. The van der Waals surface area contributed by atoms with E-state index in [-0.39, 0.29) is 12.3 Å². The molecule has 6 nitrogen and oxygen atoms in total. The van der Waals surface area contributed by atoms with E-state index in [0.717, 1.165) is 5.56 Å². The summed E-state index contributed by atoms with van der Waals surface area (Å²) in [6.07, 6.45) is 0. The van der Waals surface area contributed by atoms with Gasteiger partial charge in [-0.1, -0.05) is 12.1 Å². The van der Waals surface area contributed by atoms with E-state index in [1.165, 1.54) is 12.1 Å². The average molecular weight is 303 g/mol. The summed E-state index contributed by atoms with van der Waals surface area (Å²) in [4.78, 5) is 10.2. The molecule has 0 aliphatic rings. The van der Waals surface area contributed by atoms with E-state index in [0.29, 0.717) is 23.9 Å². The van der Waals surface area contributed by atoms with Gasteiger partial charge in [-0.25, -0.2) is 0 Å². The van der Waals surface area contributed by atoms with Crippen LogP contribution in [-0.2, 0) is 0 Å². The second-order valence-electron chi connectivity index (χ2n) is 4.61. The number of nitro groups is 1. The van der Waals surface area contributed by atoms with Gasteiger partial charge in [-0.15, -0.1) is 0 Å². The van der Waals surface area contributed by atoms with E-state index >= 15 is 0 Å². The monoisotopic (exact) mass is 303 g/mol. The Labute approximate surface area is 128 Å². The summed E-state index contributed by atoms with van der Waals surface area (Å²) in [5.41, 5.74) is 1.08. The standard InChI is InChI=1S/C16H17NO5/c1-12-6-7-15(16(10-12)20-2)22-9-8-21-14-5-3-4-13(11-14)17(18)19/h3-7,10-11H,8-9H2,1-2H3. The predicted molar refractivity (Wildman–Crippen MR) is 81.8 cm³/mol. The Balaban J connectivity index is 1.87. The number of nitrogens with zero attached hydrogens (tertiary/aromatic N) is 1. The van der Waals surface area contributed by atoms with Gasteiger partial charge in [0.1, 0.15) is 19.0 Å². The van der Waals surface area contributed by atoms with Gasteiger partial charge in [-0.3, -0.25) is 10.1 Å². The van der Waals surface area contributed by atoms with Gasteiger partial charge in [-0.2, -0.15) is 0 Å². The van der Waals surface area contributed by atoms with Gasteiger partial charge in [0.05, 0.1) is 18.1 Å². The van der Waals surface area contributed by atoms with E-state index in [1.807, 2.05) is 25.1 Å². The van der Waals surface area contributed by atoms with Gasteiger partial charge in [-0.05, 0) is 30.7 Å². The van der Waals surface area contributed by atoms with Crippen LogP contribution in [-0.4, -0.2) is 25.2 Å². The summed E-state index contributed by atoms with van der Waals surface area (Å²) < 4.78 is 16.3. The molecule has 2 rings (SSSR count). The molecule has 0 fully saturated rings. The molecular formula is C16H17NO5. The summed E-state index contributed by atoms with van der Waals surface area (Å²) in [6.45, 7) is 2.55. The van der Waals surface area contributed by atoms with Gasteiger partial charge in [0.15, 0.2) is 11.5 Å². The molecule has 0 saturated heterocycles. The van der Waals surface area contributed by atoms with E-state index in [9.17, 15) is 10.1 Å². The van der Waals surface area contributed by atoms with Crippen molar-refractivity contribution in [2.24, 2.45) is 0 Å². The van der Waals surface area contributed by atoms with Crippen LogP contribution in [0.3, 0.4) is 0 Å². The van der Waals surface area contributed by atoms with Crippen molar-refractivity contribution < 1.29 is 19.1 Å². The molecule has 0 heterocycles. The largest absolute Gasteiger partial charge is 0.493 e. The van der Waals surface area contributed by atoms with Gasteiger partial charge < -0.3 is 14.2 Å².